The first-order valence-electron chi connectivity index (χ1n) is 43.1. The first-order valence-corrected chi connectivity index (χ1v) is 45.0. The molecule has 1 atom stereocenters. The summed E-state index contributed by atoms with van der Waals surface area (Å²) in [6.45, 7) is 25.6. The Hall–Kier alpha value is -10.3. The second-order valence-electron chi connectivity index (χ2n) is 32.6. The highest BCUT2D eigenvalue weighted by molar-refractivity contribution is 6.33. The lowest BCUT2D eigenvalue weighted by molar-refractivity contribution is -0.870. The summed E-state index contributed by atoms with van der Waals surface area (Å²) < 4.78 is 41.5. The van der Waals surface area contributed by atoms with Crippen molar-refractivity contribution in [2.45, 2.75) is 75.0 Å². The van der Waals surface area contributed by atoms with E-state index >= 15 is 0 Å². The maximum Gasteiger partial charge on any atom is 0.268 e. The number of hydrogen-bond acceptors (Lipinski definition) is 18. The standard InChI is InChI=1S/C21H25ClN2O3.2C21H27ClN2O3.C20H26ClN3O2.C18H22ClN3O.HI/c1-5-26-17-7-6-8-18-20(17)21(25)24(19(27-18)11-12-23(3)4)15-9-10-16(22)14(2)13-15;1-6-26-18-8-7-9-19(27-13-12-24(3,4)5)20(18)21(25)23-16-10-11-17(22)15(2)14-16;1-6-26-18-8-7-9-19(27-13-12-23(3)4)20(18)21(25)24(5)16-10-11-17(22)15(2)14-16;1-5-26-18-8-6-7-17(22-11-12-24(3)4)19(18)20(25)23-15-9-10-16(21)14(2)13-15;1-13-12-14(8-9-16(13)19)21-18(23)15-6-4-5-7-17(15)20-10-11-22(2)3;/h6-10,13,19H,5,11-12H2,1-4H3;2*7-11,14H,6,12-13H2,1-5H3;6-10,13,22H,5,11-12H2,1-4H3,(H,23,25);4-9,12,20H,10-11H2,1-3H3,(H,21,23);1H. The van der Waals surface area contributed by atoms with Crippen molar-refractivity contribution in [2.75, 3.05) is 206 Å². The quantitative estimate of drug-likeness (QED) is 0.0182. The van der Waals surface area contributed by atoms with Crippen LogP contribution in [0.25, 0.3) is 0 Å². The van der Waals surface area contributed by atoms with Gasteiger partial charge in [0.2, 0.25) is 0 Å². The van der Waals surface area contributed by atoms with Gasteiger partial charge >= 0.3 is 0 Å². The summed E-state index contributed by atoms with van der Waals surface area (Å²) in [5.74, 6) is 2.77. The summed E-state index contributed by atoms with van der Waals surface area (Å²) in [5, 5.41) is 18.8. The van der Waals surface area contributed by atoms with Gasteiger partial charge in [-0.2, -0.15) is 0 Å². The lowest BCUT2D eigenvalue weighted by Gasteiger charge is -2.38. The average Bonchev–Trinajstić information content (AvgIpc) is 0.759. The van der Waals surface area contributed by atoms with Gasteiger partial charge in [-0.15, -0.1) is 0 Å². The van der Waals surface area contributed by atoms with Crippen molar-refractivity contribution in [1.29, 1.82) is 0 Å². The highest BCUT2D eigenvalue weighted by Gasteiger charge is 2.38. The molecule has 1 unspecified atom stereocenters. The van der Waals surface area contributed by atoms with Crippen molar-refractivity contribution in [2.24, 2.45) is 0 Å². The highest BCUT2D eigenvalue weighted by Crippen LogP contribution is 2.40. The Morgan fingerprint density at radius 1 is 0.412 bits per heavy atom. The number of nitrogens with zero attached hydrogens (tertiary/aromatic N) is 7. The van der Waals surface area contributed by atoms with E-state index in [9.17, 15) is 24.0 Å². The van der Waals surface area contributed by atoms with Gasteiger partial charge in [-0.1, -0.05) is 94.4 Å². The third kappa shape index (κ3) is 34.4. The summed E-state index contributed by atoms with van der Waals surface area (Å²) in [6.07, 6.45) is 0.281. The lowest BCUT2D eigenvalue weighted by atomic mass is 10.1. The van der Waals surface area contributed by atoms with Gasteiger partial charge in [-0.3, -0.25) is 28.9 Å². The van der Waals surface area contributed by atoms with E-state index in [1.54, 1.807) is 89.6 Å². The van der Waals surface area contributed by atoms with E-state index in [4.69, 9.17) is 91.2 Å². The number of para-hydroxylation sites is 1. The van der Waals surface area contributed by atoms with Crippen LogP contribution in [0.15, 0.2) is 188 Å². The molecule has 0 radical (unpaired) electrons. The molecule has 706 valence electrons. The molecule has 0 aliphatic carbocycles. The minimum absolute atomic E-state index is 0. The van der Waals surface area contributed by atoms with Crippen LogP contribution in [0.4, 0.5) is 39.8 Å². The van der Waals surface area contributed by atoms with Gasteiger partial charge in [0.05, 0.1) is 58.8 Å². The van der Waals surface area contributed by atoms with Gasteiger partial charge in [0.15, 0.2) is 6.23 Å². The third-order valence-corrected chi connectivity index (χ3v) is 22.0. The molecule has 11 rings (SSSR count). The zero-order chi connectivity index (χ0) is 95.5. The molecule has 0 spiro atoms. The molecule has 0 saturated carbocycles. The van der Waals surface area contributed by atoms with E-state index in [0.29, 0.717) is 151 Å². The molecule has 0 saturated heterocycles. The average molecular weight is 2010 g/mol. The molecule has 0 bridgehead atoms. The van der Waals surface area contributed by atoms with Crippen LogP contribution in [0.5, 0.6) is 40.2 Å². The van der Waals surface area contributed by atoms with E-state index < -0.39 is 6.23 Å². The van der Waals surface area contributed by atoms with Crippen LogP contribution in [0.3, 0.4) is 0 Å². The van der Waals surface area contributed by atoms with Gasteiger partial charge in [0.25, 0.3) is 29.5 Å². The summed E-state index contributed by atoms with van der Waals surface area (Å²) in [6, 6.07) is 56.7. The lowest BCUT2D eigenvalue weighted by Crippen LogP contribution is -3.00. The second-order valence-corrected chi connectivity index (χ2v) is 34.7. The molecular weight excluding hydrogens is 1880 g/mol. The number of amides is 5. The highest BCUT2D eigenvalue weighted by atomic mass is 127. The molecule has 10 aromatic carbocycles. The molecule has 5 amide bonds. The summed E-state index contributed by atoms with van der Waals surface area (Å²) >= 11 is 30.4. The van der Waals surface area contributed by atoms with Crippen molar-refractivity contribution in [3.05, 3.63) is 269 Å². The van der Waals surface area contributed by atoms with Crippen LogP contribution >= 0.6 is 58.0 Å². The van der Waals surface area contributed by atoms with E-state index in [0.717, 1.165) is 107 Å². The van der Waals surface area contributed by atoms with Gasteiger partial charge in [0.1, 0.15) is 82.3 Å². The van der Waals surface area contributed by atoms with Crippen LogP contribution < -0.4 is 93.5 Å². The van der Waals surface area contributed by atoms with Crippen molar-refractivity contribution in [3.63, 3.8) is 0 Å². The van der Waals surface area contributed by atoms with E-state index in [-0.39, 0.29) is 53.5 Å². The Balaban J connectivity index is 0.000000252. The number of ether oxygens (including phenoxy) is 7. The van der Waals surface area contributed by atoms with Gasteiger partial charge < -0.3 is 113 Å². The number of benzene rings is 10. The van der Waals surface area contributed by atoms with E-state index in [2.05, 4.69) is 62.4 Å². The van der Waals surface area contributed by atoms with Crippen molar-refractivity contribution >= 4 is 127 Å². The molecule has 24 nitrogen and oxygen atoms in total. The van der Waals surface area contributed by atoms with E-state index in [1.807, 2.05) is 239 Å². The smallest absolute Gasteiger partial charge is 0.268 e. The minimum atomic E-state index is -0.398. The van der Waals surface area contributed by atoms with Gasteiger partial charge in [-0.05, 0) is 298 Å². The summed E-state index contributed by atoms with van der Waals surface area (Å²) in [5.41, 5.74) is 12.2. The zero-order valence-electron chi connectivity index (χ0n) is 79.2. The molecule has 131 heavy (non-hydrogen) atoms. The van der Waals surface area contributed by atoms with Gasteiger partial charge in [-0.25, -0.2) is 0 Å². The fraction of sp³-hybridized carbons (Fsp3) is 0.356. The summed E-state index contributed by atoms with van der Waals surface area (Å²) in [4.78, 5) is 76.8. The van der Waals surface area contributed by atoms with E-state index in [1.165, 1.54) is 0 Å². The monoisotopic (exact) mass is 2000 g/mol. The van der Waals surface area contributed by atoms with Crippen molar-refractivity contribution in [3.8, 4) is 40.2 Å². The number of fused-ring (bicyclic) bond motifs is 1. The molecule has 1 aliphatic heterocycles. The number of quaternary nitrogens is 1. The van der Waals surface area contributed by atoms with Crippen molar-refractivity contribution in [1.82, 2.24) is 19.6 Å². The number of likely N-dealkylation sites (N-methyl/N-ethyl adjacent to an activating group) is 4. The topological polar surface area (TPSA) is 230 Å². The van der Waals surface area contributed by atoms with Crippen LogP contribution in [-0.4, -0.2) is 230 Å². The molecule has 1 aliphatic rings. The van der Waals surface area contributed by atoms with Crippen molar-refractivity contribution < 1.29 is 85.6 Å². The first kappa shape index (κ1) is 109. The third-order valence-electron chi connectivity index (χ3n) is 19.9. The molecule has 0 aromatic heterocycles. The number of nitrogens with one attached hydrogen (secondary N) is 5. The predicted octanol–water partition coefficient (Wildman–Crippen LogP) is 18.2. The number of halogens is 6. The number of carbonyl (C=O) groups is 5. The largest absolute Gasteiger partial charge is 1.00 e. The second kappa shape index (κ2) is 54.7. The maximum atomic E-state index is 13.5. The maximum absolute atomic E-state index is 13.5. The van der Waals surface area contributed by atoms with Crippen LogP contribution in [0.2, 0.25) is 25.1 Å². The fourth-order valence-electron chi connectivity index (χ4n) is 12.9. The molecule has 30 heteroatoms. The first-order chi connectivity index (χ1) is 61.9. The minimum Gasteiger partial charge on any atom is -1.00 e. The number of rotatable bonds is 36. The Labute approximate surface area is 816 Å². The van der Waals surface area contributed by atoms with Gasteiger partial charge in [0, 0.05) is 112 Å². The molecule has 1 heterocycles. The Morgan fingerprint density at radius 2 is 0.802 bits per heavy atom. The molecular formula is C101H128Cl5IN12O12. The number of hydrogen-bond donors (Lipinski definition) is 5. The fourth-order valence-corrected chi connectivity index (χ4v) is 13.5. The Morgan fingerprint density at radius 3 is 1.28 bits per heavy atom. The number of anilines is 7. The predicted molar refractivity (Wildman–Crippen MR) is 535 cm³/mol. The number of aryl methyl sites for hydroxylation is 5. The zero-order valence-corrected chi connectivity index (χ0v) is 85.1. The Bertz CT molecular complexity index is 5410. The molecule has 5 N–H and O–H groups in total. The number of carbonyl (C=O) groups excluding carboxylic acids is 5. The van der Waals surface area contributed by atoms with Crippen LogP contribution in [0.1, 0.15) is 114 Å². The SMILES string of the molecule is CCOc1cccc(NCCN(C)C)c1C(=O)Nc1ccc(Cl)c(C)c1.CCOc1cccc(OCCN(C)C)c1C(=O)N(C)c1ccc(Cl)c(C)c1.CCOc1cccc(OCC[N+](C)(C)C)c1C(=O)Nc1ccc(Cl)c(C)c1.CCOc1cccc2c1C(=O)N(c1ccc(Cl)c(C)c1)C(CCN(C)C)O2.Cc1cc(NC(=O)c2ccccc2NCCN(C)C)ccc1Cl.[I-]. The normalized spacial score (nSPS) is 11.9. The molecule has 0 fully saturated rings. The summed E-state index contributed by atoms with van der Waals surface area (Å²) in [7, 11) is 24.0. The van der Waals surface area contributed by atoms with Crippen LogP contribution in [-0.2, 0) is 0 Å². The van der Waals surface area contributed by atoms with Crippen LogP contribution in [0, 0.1) is 34.6 Å². The Kier molecular flexibility index (Phi) is 45.7. The molecule has 10 aromatic rings.